The van der Waals surface area contributed by atoms with Crippen molar-refractivity contribution in [2.75, 3.05) is 31.2 Å². The summed E-state index contributed by atoms with van der Waals surface area (Å²) in [7, 11) is -3.01. The molecule has 2 rings (SSSR count). The molecule has 1 fully saturated rings. The Hall–Kier alpha value is -1.47. The second kappa shape index (κ2) is 8.07. The number of carbonyl (C=O) groups excluding carboxylic acids is 1. The van der Waals surface area contributed by atoms with Gasteiger partial charge in [-0.1, -0.05) is 11.6 Å². The molecular formula is C16H23ClN2O4S. The maximum absolute atomic E-state index is 12.2. The van der Waals surface area contributed by atoms with E-state index in [9.17, 15) is 13.2 Å². The van der Waals surface area contributed by atoms with Gasteiger partial charge in [0.1, 0.15) is 12.4 Å². The van der Waals surface area contributed by atoms with E-state index in [0.717, 1.165) is 11.3 Å². The first-order valence-electron chi connectivity index (χ1n) is 7.96. The van der Waals surface area contributed by atoms with Crippen molar-refractivity contribution in [3.8, 4) is 5.75 Å². The van der Waals surface area contributed by atoms with E-state index < -0.39 is 9.84 Å². The lowest BCUT2D eigenvalue weighted by molar-refractivity contribution is 0.181. The molecule has 1 aromatic rings. The van der Waals surface area contributed by atoms with Crippen LogP contribution in [0.25, 0.3) is 0 Å². The van der Waals surface area contributed by atoms with Gasteiger partial charge in [0.2, 0.25) is 0 Å². The highest BCUT2D eigenvalue weighted by Crippen LogP contribution is 2.21. The topological polar surface area (TPSA) is 75.7 Å². The number of urea groups is 1. The molecule has 134 valence electrons. The van der Waals surface area contributed by atoms with Gasteiger partial charge in [0.25, 0.3) is 0 Å². The van der Waals surface area contributed by atoms with E-state index in [1.54, 1.807) is 17.0 Å². The molecule has 1 atom stereocenters. The second-order valence-corrected chi connectivity index (χ2v) is 8.50. The Kier molecular flexibility index (Phi) is 6.34. The number of carbonyl (C=O) groups is 1. The monoisotopic (exact) mass is 374 g/mol. The Morgan fingerprint density at radius 3 is 2.79 bits per heavy atom. The molecule has 1 aliphatic rings. The summed E-state index contributed by atoms with van der Waals surface area (Å²) in [5, 5.41) is 3.43. The molecule has 0 saturated carbocycles. The predicted octanol–water partition coefficient (Wildman–Crippen LogP) is 2.25. The average molecular weight is 375 g/mol. The van der Waals surface area contributed by atoms with E-state index in [-0.39, 0.29) is 23.6 Å². The van der Waals surface area contributed by atoms with Crippen molar-refractivity contribution < 1.29 is 17.9 Å². The van der Waals surface area contributed by atoms with Gasteiger partial charge >= 0.3 is 6.03 Å². The highest BCUT2D eigenvalue weighted by atomic mass is 35.5. The Labute approximate surface area is 148 Å². The summed E-state index contributed by atoms with van der Waals surface area (Å²) in [5.41, 5.74) is 0.931. The zero-order valence-corrected chi connectivity index (χ0v) is 15.5. The standard InChI is InChI=1S/C16H23ClN2O4S/c1-3-19(14-6-9-24(21,22)11-14)16(20)18-7-8-23-15-5-4-13(17)10-12(15)2/h4-5,10,14H,3,6-9,11H2,1-2H3,(H,18,20). The van der Waals surface area contributed by atoms with Gasteiger partial charge in [0.05, 0.1) is 18.1 Å². The number of hydrogen-bond donors (Lipinski definition) is 1. The van der Waals surface area contributed by atoms with E-state index >= 15 is 0 Å². The van der Waals surface area contributed by atoms with Crippen LogP contribution < -0.4 is 10.1 Å². The SMILES string of the molecule is CCN(C(=O)NCCOc1ccc(Cl)cc1C)C1CCS(=O)(=O)C1. The number of ether oxygens (including phenoxy) is 1. The minimum absolute atomic E-state index is 0.0503. The maximum Gasteiger partial charge on any atom is 0.317 e. The van der Waals surface area contributed by atoms with E-state index in [1.165, 1.54) is 0 Å². The molecule has 1 aliphatic heterocycles. The van der Waals surface area contributed by atoms with Crippen molar-refractivity contribution >= 4 is 27.5 Å². The van der Waals surface area contributed by atoms with E-state index in [4.69, 9.17) is 16.3 Å². The third-order valence-electron chi connectivity index (χ3n) is 4.02. The molecule has 0 aliphatic carbocycles. The van der Waals surface area contributed by atoms with Gasteiger partial charge in [-0.05, 0) is 44.0 Å². The molecule has 24 heavy (non-hydrogen) atoms. The lowest BCUT2D eigenvalue weighted by Crippen LogP contribution is -2.47. The van der Waals surface area contributed by atoms with Crippen LogP contribution in [0.5, 0.6) is 5.75 Å². The van der Waals surface area contributed by atoms with Crippen LogP contribution in [-0.4, -0.2) is 56.6 Å². The smallest absolute Gasteiger partial charge is 0.317 e. The minimum Gasteiger partial charge on any atom is -0.491 e. The zero-order valence-electron chi connectivity index (χ0n) is 13.9. The van der Waals surface area contributed by atoms with Crippen LogP contribution in [0, 0.1) is 6.92 Å². The minimum atomic E-state index is -3.01. The molecule has 1 N–H and O–H groups in total. The molecule has 0 bridgehead atoms. The van der Waals surface area contributed by atoms with Crippen molar-refractivity contribution in [2.45, 2.75) is 26.3 Å². The third kappa shape index (κ3) is 5.01. The van der Waals surface area contributed by atoms with E-state index in [1.807, 2.05) is 19.9 Å². The number of rotatable bonds is 6. The molecule has 0 aromatic heterocycles. The lowest BCUT2D eigenvalue weighted by Gasteiger charge is -2.27. The van der Waals surface area contributed by atoms with Crippen LogP contribution in [0.4, 0.5) is 4.79 Å². The van der Waals surface area contributed by atoms with Crippen molar-refractivity contribution in [1.82, 2.24) is 10.2 Å². The highest BCUT2D eigenvalue weighted by Gasteiger charge is 2.33. The van der Waals surface area contributed by atoms with Gasteiger partial charge in [0.15, 0.2) is 9.84 Å². The third-order valence-corrected chi connectivity index (χ3v) is 6.01. The summed E-state index contributed by atoms with van der Waals surface area (Å²) in [5.74, 6) is 0.928. The van der Waals surface area contributed by atoms with E-state index in [2.05, 4.69) is 5.32 Å². The molecule has 1 aromatic carbocycles. The Balaban J connectivity index is 1.79. The van der Waals surface area contributed by atoms with Crippen LogP contribution in [-0.2, 0) is 9.84 Å². The number of sulfone groups is 1. The summed E-state index contributed by atoms with van der Waals surface area (Å²) < 4.78 is 28.8. The van der Waals surface area contributed by atoms with Crippen molar-refractivity contribution in [3.63, 3.8) is 0 Å². The number of nitrogens with one attached hydrogen (secondary N) is 1. The fourth-order valence-corrected chi connectivity index (χ4v) is 4.74. The van der Waals surface area contributed by atoms with Gasteiger partial charge in [-0.2, -0.15) is 0 Å². The molecule has 6 nitrogen and oxygen atoms in total. The quantitative estimate of drug-likeness (QED) is 0.775. The summed E-state index contributed by atoms with van der Waals surface area (Å²) >= 11 is 5.89. The molecule has 8 heteroatoms. The first kappa shape index (κ1) is 18.9. The van der Waals surface area contributed by atoms with Crippen molar-refractivity contribution in [3.05, 3.63) is 28.8 Å². The molecule has 0 radical (unpaired) electrons. The fraction of sp³-hybridized carbons (Fsp3) is 0.562. The number of hydrogen-bond acceptors (Lipinski definition) is 4. The van der Waals surface area contributed by atoms with Crippen molar-refractivity contribution in [1.29, 1.82) is 0 Å². The average Bonchev–Trinajstić information content (AvgIpc) is 2.86. The number of halogens is 1. The lowest BCUT2D eigenvalue weighted by atomic mass is 10.2. The molecule has 1 unspecified atom stereocenters. The molecule has 1 heterocycles. The van der Waals surface area contributed by atoms with Gasteiger partial charge in [0, 0.05) is 17.6 Å². The van der Waals surface area contributed by atoms with Crippen LogP contribution in [0.15, 0.2) is 18.2 Å². The normalized spacial score (nSPS) is 19.0. The Morgan fingerprint density at radius 2 is 2.21 bits per heavy atom. The van der Waals surface area contributed by atoms with Gasteiger partial charge in [-0.25, -0.2) is 13.2 Å². The summed E-state index contributed by atoms with van der Waals surface area (Å²) in [6, 6.07) is 4.87. The molecular weight excluding hydrogens is 352 g/mol. The molecule has 0 spiro atoms. The Bertz CT molecular complexity index is 693. The number of amides is 2. The molecule has 2 amide bonds. The summed E-state index contributed by atoms with van der Waals surface area (Å²) in [6.07, 6.45) is 0.504. The van der Waals surface area contributed by atoms with Crippen LogP contribution >= 0.6 is 11.6 Å². The maximum atomic E-state index is 12.2. The first-order valence-corrected chi connectivity index (χ1v) is 10.2. The van der Waals surface area contributed by atoms with Crippen LogP contribution in [0.3, 0.4) is 0 Å². The zero-order chi connectivity index (χ0) is 17.7. The Morgan fingerprint density at radius 1 is 1.46 bits per heavy atom. The van der Waals surface area contributed by atoms with Crippen LogP contribution in [0.2, 0.25) is 5.02 Å². The number of benzene rings is 1. The summed E-state index contributed by atoms with van der Waals surface area (Å²) in [6.45, 7) is 4.89. The molecule has 1 saturated heterocycles. The fourth-order valence-electron chi connectivity index (χ4n) is 2.78. The second-order valence-electron chi connectivity index (χ2n) is 5.83. The van der Waals surface area contributed by atoms with Crippen molar-refractivity contribution in [2.24, 2.45) is 0 Å². The summed E-state index contributed by atoms with van der Waals surface area (Å²) in [4.78, 5) is 13.8. The highest BCUT2D eigenvalue weighted by molar-refractivity contribution is 7.91. The van der Waals surface area contributed by atoms with Gasteiger partial charge < -0.3 is 15.0 Å². The number of nitrogens with zero attached hydrogens (tertiary/aromatic N) is 1. The number of aryl methyl sites for hydroxylation is 1. The van der Waals surface area contributed by atoms with Gasteiger partial charge in [-0.3, -0.25) is 0 Å². The largest absolute Gasteiger partial charge is 0.491 e. The van der Waals surface area contributed by atoms with E-state index in [0.29, 0.717) is 31.1 Å². The van der Waals surface area contributed by atoms with Gasteiger partial charge in [-0.15, -0.1) is 0 Å². The van der Waals surface area contributed by atoms with Crippen LogP contribution in [0.1, 0.15) is 18.9 Å². The predicted molar refractivity (Wildman–Crippen MR) is 94.5 cm³/mol. The first-order chi connectivity index (χ1) is 11.3.